The summed E-state index contributed by atoms with van der Waals surface area (Å²) in [6, 6.07) is 12.6. The molecule has 0 bridgehead atoms. The van der Waals surface area contributed by atoms with Gasteiger partial charge in [-0.2, -0.15) is 0 Å². The molecule has 0 spiro atoms. The Bertz CT molecular complexity index is 557. The summed E-state index contributed by atoms with van der Waals surface area (Å²) in [6.45, 7) is 0.659. The maximum atomic E-state index is 9.45. The Morgan fingerprint density at radius 3 is 2.67 bits per heavy atom. The molecule has 2 aromatic rings. The van der Waals surface area contributed by atoms with Gasteiger partial charge in [0.25, 0.3) is 0 Å². The molecule has 3 nitrogen and oxygen atoms in total. The van der Waals surface area contributed by atoms with E-state index >= 15 is 0 Å². The molecule has 4 heteroatoms. The molecule has 2 aromatic carbocycles. The lowest BCUT2D eigenvalue weighted by Gasteiger charge is -2.20. The third-order valence-corrected chi connectivity index (χ3v) is 3.02. The van der Waals surface area contributed by atoms with E-state index in [0.29, 0.717) is 17.3 Å². The molecule has 0 radical (unpaired) electrons. The van der Waals surface area contributed by atoms with E-state index in [0.717, 1.165) is 11.3 Å². The van der Waals surface area contributed by atoms with Crippen LogP contribution in [0.15, 0.2) is 42.5 Å². The Labute approximate surface area is 111 Å². The van der Waals surface area contributed by atoms with Gasteiger partial charge in [-0.3, -0.25) is 0 Å². The summed E-state index contributed by atoms with van der Waals surface area (Å²) < 4.78 is 0. The molecule has 2 rings (SSSR count). The van der Waals surface area contributed by atoms with Gasteiger partial charge in [-0.15, -0.1) is 0 Å². The van der Waals surface area contributed by atoms with Crippen molar-refractivity contribution in [1.29, 1.82) is 0 Å². The predicted octanol–water partition coefficient (Wildman–Crippen LogP) is 3.26. The Morgan fingerprint density at radius 2 is 2.00 bits per heavy atom. The van der Waals surface area contributed by atoms with E-state index < -0.39 is 0 Å². The summed E-state index contributed by atoms with van der Waals surface area (Å²) in [5.74, 6) is 0.253. The maximum Gasteiger partial charge on any atom is 0.117 e. The predicted molar refractivity (Wildman–Crippen MR) is 76.1 cm³/mol. The summed E-state index contributed by atoms with van der Waals surface area (Å²) in [5.41, 5.74) is 8.53. The van der Waals surface area contributed by atoms with Gasteiger partial charge < -0.3 is 15.7 Å². The van der Waals surface area contributed by atoms with E-state index in [1.807, 2.05) is 36.2 Å². The molecule has 0 unspecified atom stereocenters. The Hall–Kier alpha value is -1.87. The zero-order valence-corrected chi connectivity index (χ0v) is 10.9. The second-order valence-corrected chi connectivity index (χ2v) is 4.66. The number of hydrogen-bond donors (Lipinski definition) is 2. The largest absolute Gasteiger partial charge is 0.508 e. The van der Waals surface area contributed by atoms with Crippen molar-refractivity contribution >= 4 is 23.0 Å². The van der Waals surface area contributed by atoms with Crippen LogP contribution in [0.4, 0.5) is 11.4 Å². The van der Waals surface area contributed by atoms with E-state index in [9.17, 15) is 5.11 Å². The average molecular weight is 263 g/mol. The highest BCUT2D eigenvalue weighted by Crippen LogP contribution is 2.23. The standard InChI is InChI=1S/C14H15ClN2O/c1-17(12-3-2-4-13(18)8-12)9-10-5-6-11(15)7-14(10)16/h2-8,18H,9,16H2,1H3. The number of rotatable bonds is 3. The van der Waals surface area contributed by atoms with Crippen molar-refractivity contribution in [3.8, 4) is 5.75 Å². The second-order valence-electron chi connectivity index (χ2n) is 4.22. The number of nitrogens with two attached hydrogens (primary N) is 1. The second kappa shape index (κ2) is 5.19. The molecule has 0 atom stereocenters. The lowest BCUT2D eigenvalue weighted by atomic mass is 10.1. The summed E-state index contributed by atoms with van der Waals surface area (Å²) in [6.07, 6.45) is 0. The number of aromatic hydroxyl groups is 1. The maximum absolute atomic E-state index is 9.45. The number of halogens is 1. The van der Waals surface area contributed by atoms with Crippen molar-refractivity contribution in [2.75, 3.05) is 17.7 Å². The third-order valence-electron chi connectivity index (χ3n) is 2.79. The fourth-order valence-electron chi connectivity index (χ4n) is 1.79. The fraction of sp³-hybridized carbons (Fsp3) is 0.143. The highest BCUT2D eigenvalue weighted by Gasteiger charge is 2.06. The molecule has 3 N–H and O–H groups in total. The molecule has 0 fully saturated rings. The Kier molecular flexibility index (Phi) is 3.63. The van der Waals surface area contributed by atoms with Crippen LogP contribution in [0.3, 0.4) is 0 Å². The SMILES string of the molecule is CN(Cc1ccc(Cl)cc1N)c1cccc(O)c1. The third kappa shape index (κ3) is 2.87. The normalized spacial score (nSPS) is 10.3. The minimum absolute atomic E-state index is 0.253. The molecular formula is C14H15ClN2O. The van der Waals surface area contributed by atoms with Crippen molar-refractivity contribution in [2.45, 2.75) is 6.54 Å². The smallest absolute Gasteiger partial charge is 0.117 e. The van der Waals surface area contributed by atoms with E-state index in [4.69, 9.17) is 17.3 Å². The molecule has 0 aliphatic heterocycles. The van der Waals surface area contributed by atoms with Crippen LogP contribution in [-0.4, -0.2) is 12.2 Å². The molecule has 0 saturated heterocycles. The van der Waals surface area contributed by atoms with Gasteiger partial charge in [0, 0.05) is 36.1 Å². The van der Waals surface area contributed by atoms with Crippen molar-refractivity contribution in [3.05, 3.63) is 53.1 Å². The van der Waals surface area contributed by atoms with Crippen molar-refractivity contribution < 1.29 is 5.11 Å². The van der Waals surface area contributed by atoms with Gasteiger partial charge in [0.1, 0.15) is 5.75 Å². The van der Waals surface area contributed by atoms with Gasteiger partial charge in [-0.1, -0.05) is 23.7 Å². The van der Waals surface area contributed by atoms with Crippen LogP contribution in [0.25, 0.3) is 0 Å². The molecule has 0 heterocycles. The molecule has 0 aliphatic rings. The zero-order valence-electron chi connectivity index (χ0n) is 10.1. The number of hydrogen-bond acceptors (Lipinski definition) is 3. The zero-order chi connectivity index (χ0) is 13.1. The minimum atomic E-state index is 0.253. The van der Waals surface area contributed by atoms with Crippen LogP contribution in [0.2, 0.25) is 5.02 Å². The summed E-state index contributed by atoms with van der Waals surface area (Å²) in [5, 5.41) is 10.1. The Balaban J connectivity index is 2.18. The molecule has 0 saturated carbocycles. The van der Waals surface area contributed by atoms with Gasteiger partial charge in [-0.05, 0) is 29.8 Å². The average Bonchev–Trinajstić information content (AvgIpc) is 2.32. The number of phenols is 1. The van der Waals surface area contributed by atoms with E-state index in [1.165, 1.54) is 0 Å². The van der Waals surface area contributed by atoms with Crippen LogP contribution in [0.1, 0.15) is 5.56 Å². The highest BCUT2D eigenvalue weighted by atomic mass is 35.5. The van der Waals surface area contributed by atoms with Crippen LogP contribution in [0, 0.1) is 0 Å². The summed E-state index contributed by atoms with van der Waals surface area (Å²) >= 11 is 5.86. The lowest BCUT2D eigenvalue weighted by molar-refractivity contribution is 0.475. The van der Waals surface area contributed by atoms with E-state index in [2.05, 4.69) is 0 Å². The number of benzene rings is 2. The minimum Gasteiger partial charge on any atom is -0.508 e. The highest BCUT2D eigenvalue weighted by molar-refractivity contribution is 6.30. The van der Waals surface area contributed by atoms with Crippen molar-refractivity contribution in [3.63, 3.8) is 0 Å². The van der Waals surface area contributed by atoms with Gasteiger partial charge >= 0.3 is 0 Å². The van der Waals surface area contributed by atoms with Gasteiger partial charge in [0.05, 0.1) is 0 Å². The lowest BCUT2D eigenvalue weighted by Crippen LogP contribution is -2.17. The monoisotopic (exact) mass is 262 g/mol. The van der Waals surface area contributed by atoms with Gasteiger partial charge in [0.2, 0.25) is 0 Å². The van der Waals surface area contributed by atoms with Gasteiger partial charge in [-0.25, -0.2) is 0 Å². The quantitative estimate of drug-likeness (QED) is 0.835. The van der Waals surface area contributed by atoms with Crippen molar-refractivity contribution in [1.82, 2.24) is 0 Å². The van der Waals surface area contributed by atoms with Crippen molar-refractivity contribution in [2.24, 2.45) is 0 Å². The first-order chi connectivity index (χ1) is 8.56. The molecular weight excluding hydrogens is 248 g/mol. The van der Waals surface area contributed by atoms with Crippen LogP contribution >= 0.6 is 11.6 Å². The van der Waals surface area contributed by atoms with Gasteiger partial charge in [0.15, 0.2) is 0 Å². The number of anilines is 2. The first-order valence-electron chi connectivity index (χ1n) is 5.60. The summed E-state index contributed by atoms with van der Waals surface area (Å²) in [4.78, 5) is 2.01. The molecule has 0 amide bonds. The fourth-order valence-corrected chi connectivity index (χ4v) is 1.97. The van der Waals surface area contributed by atoms with Crippen LogP contribution in [0.5, 0.6) is 5.75 Å². The molecule has 94 valence electrons. The molecule has 18 heavy (non-hydrogen) atoms. The first-order valence-corrected chi connectivity index (χ1v) is 5.98. The Morgan fingerprint density at radius 1 is 1.22 bits per heavy atom. The molecule has 0 aliphatic carbocycles. The summed E-state index contributed by atoms with van der Waals surface area (Å²) in [7, 11) is 1.95. The number of nitrogen functional groups attached to an aromatic ring is 1. The van der Waals surface area contributed by atoms with E-state index in [-0.39, 0.29) is 5.75 Å². The number of phenolic OH excluding ortho intramolecular Hbond substituents is 1. The first kappa shape index (κ1) is 12.6. The van der Waals surface area contributed by atoms with E-state index in [1.54, 1.807) is 18.2 Å². The van der Waals surface area contributed by atoms with Crippen LogP contribution in [-0.2, 0) is 6.54 Å². The van der Waals surface area contributed by atoms with Crippen LogP contribution < -0.4 is 10.6 Å². The topological polar surface area (TPSA) is 49.5 Å². The molecule has 0 aromatic heterocycles. The number of nitrogens with zero attached hydrogens (tertiary/aromatic N) is 1.